The largest absolute Gasteiger partial charge is 0.493 e. The second-order valence-electron chi connectivity index (χ2n) is 6.25. The number of carbonyl (C=O) groups excluding carboxylic acids is 1. The molecule has 0 amide bonds. The van der Waals surface area contributed by atoms with Gasteiger partial charge < -0.3 is 18.7 Å². The smallest absolute Gasteiger partial charge is 0.312 e. The van der Waals surface area contributed by atoms with Crippen molar-refractivity contribution in [1.29, 1.82) is 0 Å². The molecule has 0 unspecified atom stereocenters. The highest BCUT2D eigenvalue weighted by atomic mass is 32.1. The molecule has 0 atom stereocenters. The van der Waals surface area contributed by atoms with E-state index in [2.05, 4.69) is 15.1 Å². The topological polar surface area (TPSA) is 96.6 Å². The van der Waals surface area contributed by atoms with Crippen LogP contribution in [0.15, 0.2) is 28.1 Å². The van der Waals surface area contributed by atoms with Crippen molar-refractivity contribution in [2.75, 3.05) is 14.2 Å². The van der Waals surface area contributed by atoms with Crippen molar-refractivity contribution in [2.45, 2.75) is 32.8 Å². The predicted molar refractivity (Wildman–Crippen MR) is 103 cm³/mol. The summed E-state index contributed by atoms with van der Waals surface area (Å²) in [6, 6.07) is 5.56. The van der Waals surface area contributed by atoms with Crippen molar-refractivity contribution in [3.63, 3.8) is 0 Å². The van der Waals surface area contributed by atoms with Gasteiger partial charge in [-0.1, -0.05) is 19.0 Å². The van der Waals surface area contributed by atoms with E-state index in [-0.39, 0.29) is 24.8 Å². The van der Waals surface area contributed by atoms with Crippen LogP contribution >= 0.6 is 11.3 Å². The fourth-order valence-corrected chi connectivity index (χ4v) is 3.21. The molecule has 28 heavy (non-hydrogen) atoms. The highest BCUT2D eigenvalue weighted by Crippen LogP contribution is 2.33. The van der Waals surface area contributed by atoms with Gasteiger partial charge in [0.05, 0.1) is 26.3 Å². The van der Waals surface area contributed by atoms with Gasteiger partial charge in [-0.05, 0) is 18.2 Å². The van der Waals surface area contributed by atoms with Crippen molar-refractivity contribution in [3.8, 4) is 22.1 Å². The number of carbonyl (C=O) groups is 1. The molecule has 0 aliphatic carbocycles. The Kier molecular flexibility index (Phi) is 6.25. The minimum Gasteiger partial charge on any atom is -0.493 e. The van der Waals surface area contributed by atoms with Crippen molar-refractivity contribution in [2.24, 2.45) is 0 Å². The first kappa shape index (κ1) is 19.8. The summed E-state index contributed by atoms with van der Waals surface area (Å²) >= 11 is 1.44. The van der Waals surface area contributed by atoms with E-state index in [0.717, 1.165) is 10.6 Å². The van der Waals surface area contributed by atoms with Gasteiger partial charge >= 0.3 is 5.97 Å². The monoisotopic (exact) mass is 403 g/mol. The lowest BCUT2D eigenvalue weighted by Crippen LogP contribution is -2.08. The maximum absolute atomic E-state index is 12.1. The molecule has 0 N–H and O–H groups in total. The maximum Gasteiger partial charge on any atom is 0.312 e. The summed E-state index contributed by atoms with van der Waals surface area (Å²) in [6.07, 6.45) is 0.0644. The summed E-state index contributed by atoms with van der Waals surface area (Å²) in [4.78, 5) is 20.7. The Hall–Kier alpha value is -2.94. The van der Waals surface area contributed by atoms with Gasteiger partial charge in [0.1, 0.15) is 5.01 Å². The summed E-state index contributed by atoms with van der Waals surface area (Å²) in [5.41, 5.74) is 1.52. The zero-order valence-electron chi connectivity index (χ0n) is 16.1. The third kappa shape index (κ3) is 4.66. The Bertz CT molecular complexity index is 951. The van der Waals surface area contributed by atoms with Crippen LogP contribution in [0, 0.1) is 0 Å². The molecule has 9 heteroatoms. The highest BCUT2D eigenvalue weighted by molar-refractivity contribution is 7.13. The van der Waals surface area contributed by atoms with Crippen molar-refractivity contribution >= 4 is 17.3 Å². The van der Waals surface area contributed by atoms with E-state index in [4.69, 9.17) is 18.7 Å². The van der Waals surface area contributed by atoms with Gasteiger partial charge in [0.15, 0.2) is 23.9 Å². The van der Waals surface area contributed by atoms with Crippen molar-refractivity contribution < 1.29 is 23.5 Å². The van der Waals surface area contributed by atoms with E-state index in [0.29, 0.717) is 23.0 Å². The van der Waals surface area contributed by atoms with E-state index >= 15 is 0 Å². The van der Waals surface area contributed by atoms with Crippen LogP contribution in [-0.2, 0) is 22.6 Å². The molecule has 0 saturated heterocycles. The summed E-state index contributed by atoms with van der Waals surface area (Å²) in [5.74, 6) is 1.88. The Balaban J connectivity index is 1.60. The van der Waals surface area contributed by atoms with E-state index in [1.807, 2.05) is 37.4 Å². The maximum atomic E-state index is 12.1. The highest BCUT2D eigenvalue weighted by Gasteiger charge is 2.15. The molecule has 148 valence electrons. The minimum absolute atomic E-state index is 0.0504. The number of ether oxygens (including phenoxy) is 3. The molecule has 3 aromatic rings. The molecule has 2 heterocycles. The number of esters is 1. The van der Waals surface area contributed by atoms with E-state index in [1.54, 1.807) is 14.2 Å². The molecule has 0 fully saturated rings. The number of thiazole rings is 1. The molecule has 0 radical (unpaired) electrons. The molecule has 0 aliphatic heterocycles. The van der Waals surface area contributed by atoms with Crippen molar-refractivity contribution in [3.05, 3.63) is 41.0 Å². The molecule has 0 aliphatic rings. The quantitative estimate of drug-likeness (QED) is 0.526. The van der Waals surface area contributed by atoms with Crippen LogP contribution in [0.3, 0.4) is 0 Å². The lowest BCUT2D eigenvalue weighted by Gasteiger charge is -2.08. The Labute approximate surface area is 166 Å². The Morgan fingerprint density at radius 2 is 1.96 bits per heavy atom. The van der Waals surface area contributed by atoms with E-state index in [9.17, 15) is 4.79 Å². The van der Waals surface area contributed by atoms with Gasteiger partial charge in [0, 0.05) is 16.9 Å². The van der Waals surface area contributed by atoms with Crippen LogP contribution < -0.4 is 9.47 Å². The Morgan fingerprint density at radius 1 is 1.18 bits per heavy atom. The van der Waals surface area contributed by atoms with E-state index < -0.39 is 5.97 Å². The molecule has 0 saturated carbocycles. The molecule has 0 spiro atoms. The fourth-order valence-electron chi connectivity index (χ4n) is 2.39. The number of hydrogen-bond donors (Lipinski definition) is 0. The third-order valence-corrected chi connectivity index (χ3v) is 4.80. The van der Waals surface area contributed by atoms with E-state index in [1.165, 1.54) is 11.3 Å². The van der Waals surface area contributed by atoms with Gasteiger partial charge in [0.25, 0.3) is 5.89 Å². The number of rotatable bonds is 8. The zero-order chi connectivity index (χ0) is 20.1. The average molecular weight is 403 g/mol. The standard InChI is InChI=1S/C19H21N3O5S/c1-11(2)18-21-16(27-22-18)9-26-17(23)8-13-10-28-19(20-13)12-5-6-14(24-3)15(7-12)25-4/h5-7,10-11H,8-9H2,1-4H3. The van der Waals surface area contributed by atoms with Gasteiger partial charge in [-0.25, -0.2) is 4.98 Å². The molecular formula is C19H21N3O5S. The van der Waals surface area contributed by atoms with Crippen LogP contribution in [0.25, 0.3) is 10.6 Å². The fraction of sp³-hybridized carbons (Fsp3) is 0.368. The molecular weight excluding hydrogens is 382 g/mol. The van der Waals surface area contributed by atoms with Gasteiger partial charge in [-0.15, -0.1) is 11.3 Å². The number of nitrogens with zero attached hydrogens (tertiary/aromatic N) is 3. The Morgan fingerprint density at radius 3 is 2.64 bits per heavy atom. The number of aromatic nitrogens is 3. The molecule has 1 aromatic carbocycles. The average Bonchev–Trinajstić information content (AvgIpc) is 3.35. The lowest BCUT2D eigenvalue weighted by atomic mass is 10.2. The van der Waals surface area contributed by atoms with Crippen LogP contribution in [0.4, 0.5) is 0 Å². The molecule has 3 rings (SSSR count). The van der Waals surface area contributed by atoms with Gasteiger partial charge in [0.2, 0.25) is 0 Å². The van der Waals surface area contributed by atoms with Gasteiger partial charge in [-0.2, -0.15) is 4.98 Å². The zero-order valence-corrected chi connectivity index (χ0v) is 16.9. The predicted octanol–water partition coefficient (Wildman–Crippen LogP) is 3.62. The molecule has 2 aromatic heterocycles. The minimum atomic E-state index is -0.409. The number of methoxy groups -OCH3 is 2. The van der Waals surface area contributed by atoms with Crippen LogP contribution in [0.5, 0.6) is 11.5 Å². The van der Waals surface area contributed by atoms with Crippen LogP contribution in [0.1, 0.15) is 37.2 Å². The lowest BCUT2D eigenvalue weighted by molar-refractivity contribution is -0.144. The summed E-state index contributed by atoms with van der Waals surface area (Å²) in [7, 11) is 3.17. The third-order valence-electron chi connectivity index (χ3n) is 3.86. The SMILES string of the molecule is COc1ccc(-c2nc(CC(=O)OCc3nc(C(C)C)no3)cs2)cc1OC. The summed E-state index contributed by atoms with van der Waals surface area (Å²) < 4.78 is 20.8. The first-order valence-electron chi connectivity index (χ1n) is 8.65. The van der Waals surface area contributed by atoms with Crippen LogP contribution in [-0.4, -0.2) is 35.3 Å². The number of hydrogen-bond acceptors (Lipinski definition) is 9. The first-order chi connectivity index (χ1) is 13.5. The normalized spacial score (nSPS) is 10.9. The number of benzene rings is 1. The molecule has 0 bridgehead atoms. The summed E-state index contributed by atoms with van der Waals surface area (Å²) in [6.45, 7) is 3.86. The van der Waals surface area contributed by atoms with Gasteiger partial charge in [-0.3, -0.25) is 4.79 Å². The molecule has 8 nitrogen and oxygen atoms in total. The van der Waals surface area contributed by atoms with Crippen molar-refractivity contribution in [1.82, 2.24) is 15.1 Å². The second kappa shape index (κ2) is 8.83. The summed E-state index contributed by atoms with van der Waals surface area (Å²) in [5, 5.41) is 6.44. The second-order valence-corrected chi connectivity index (χ2v) is 7.11. The first-order valence-corrected chi connectivity index (χ1v) is 9.53. The van der Waals surface area contributed by atoms with Crippen LogP contribution in [0.2, 0.25) is 0 Å².